The maximum Gasteiger partial charge on any atom is 0.242 e. The van der Waals surface area contributed by atoms with Crippen LogP contribution in [0.15, 0.2) is 54.6 Å². The summed E-state index contributed by atoms with van der Waals surface area (Å²) >= 11 is 6.10. The molecule has 0 aliphatic rings. The molecule has 1 N–H and O–H groups in total. The van der Waals surface area contributed by atoms with E-state index in [2.05, 4.69) is 5.32 Å². The highest BCUT2D eigenvalue weighted by atomic mass is 35.5. The maximum absolute atomic E-state index is 13.0. The minimum Gasteiger partial charge on any atom is -0.494 e. The number of rotatable bonds is 11. The molecule has 0 spiro atoms. The number of hydrogen-bond acceptors (Lipinski definition) is 3. The van der Waals surface area contributed by atoms with E-state index in [0.29, 0.717) is 31.0 Å². The van der Waals surface area contributed by atoms with Gasteiger partial charge < -0.3 is 15.0 Å². The average Bonchev–Trinajstić information content (AvgIpc) is 2.75. The third kappa shape index (κ3) is 7.71. The Hall–Kier alpha value is -2.53. The lowest BCUT2D eigenvalue weighted by Gasteiger charge is -2.30. The van der Waals surface area contributed by atoms with Gasteiger partial charge in [-0.05, 0) is 56.5 Å². The van der Waals surface area contributed by atoms with Gasteiger partial charge in [0.1, 0.15) is 11.8 Å². The highest BCUT2D eigenvalue weighted by molar-refractivity contribution is 6.30. The first-order valence-corrected chi connectivity index (χ1v) is 10.8. The van der Waals surface area contributed by atoms with Crippen molar-refractivity contribution in [3.05, 3.63) is 65.2 Å². The highest BCUT2D eigenvalue weighted by Gasteiger charge is 2.26. The Morgan fingerprint density at radius 3 is 2.50 bits per heavy atom. The summed E-state index contributed by atoms with van der Waals surface area (Å²) in [5.74, 6) is 0.542. The summed E-state index contributed by atoms with van der Waals surface area (Å²) in [4.78, 5) is 27.3. The molecule has 0 aliphatic carbocycles. The number of para-hydroxylation sites is 1. The van der Waals surface area contributed by atoms with E-state index in [1.807, 2.05) is 62.4 Å². The standard InChI is InChI=1S/C24H31ClN2O3/c1-4-18(2)26-24(29)19(3)27(17-20-10-8-11-21(25)16-20)23(28)14-9-15-30-22-12-6-5-7-13-22/h5-8,10-13,16,18-19H,4,9,14-15,17H2,1-3H3,(H,26,29)/t18-,19+/m0/s1. The van der Waals surface area contributed by atoms with Gasteiger partial charge in [0.05, 0.1) is 6.61 Å². The van der Waals surface area contributed by atoms with E-state index in [1.165, 1.54) is 0 Å². The number of hydrogen-bond donors (Lipinski definition) is 1. The fourth-order valence-electron chi connectivity index (χ4n) is 2.95. The van der Waals surface area contributed by atoms with E-state index in [4.69, 9.17) is 16.3 Å². The minimum absolute atomic E-state index is 0.0577. The molecule has 2 aromatic rings. The minimum atomic E-state index is -0.583. The molecule has 0 bridgehead atoms. The second kappa shape index (κ2) is 12.2. The fraction of sp³-hybridized carbons (Fsp3) is 0.417. The fourth-order valence-corrected chi connectivity index (χ4v) is 3.17. The van der Waals surface area contributed by atoms with Crippen LogP contribution in [0.25, 0.3) is 0 Å². The molecule has 30 heavy (non-hydrogen) atoms. The third-order valence-corrected chi connectivity index (χ3v) is 5.19. The van der Waals surface area contributed by atoms with Gasteiger partial charge in [-0.25, -0.2) is 0 Å². The number of carbonyl (C=O) groups excluding carboxylic acids is 2. The molecule has 2 rings (SSSR count). The maximum atomic E-state index is 13.0. The lowest BCUT2D eigenvalue weighted by atomic mass is 10.1. The van der Waals surface area contributed by atoms with Crippen molar-refractivity contribution in [3.8, 4) is 5.75 Å². The van der Waals surface area contributed by atoms with Gasteiger partial charge in [0.25, 0.3) is 0 Å². The highest BCUT2D eigenvalue weighted by Crippen LogP contribution is 2.16. The van der Waals surface area contributed by atoms with Crippen molar-refractivity contribution < 1.29 is 14.3 Å². The molecule has 0 aliphatic heterocycles. The Morgan fingerprint density at radius 2 is 1.83 bits per heavy atom. The van der Waals surface area contributed by atoms with Crippen molar-refractivity contribution in [2.45, 2.75) is 58.7 Å². The molecule has 5 nitrogen and oxygen atoms in total. The molecule has 6 heteroatoms. The smallest absolute Gasteiger partial charge is 0.242 e. The van der Waals surface area contributed by atoms with Crippen LogP contribution in [0.1, 0.15) is 45.6 Å². The van der Waals surface area contributed by atoms with Crippen molar-refractivity contribution in [1.82, 2.24) is 10.2 Å². The first-order chi connectivity index (χ1) is 14.4. The predicted octanol–water partition coefficient (Wildman–Crippen LogP) is 4.83. The van der Waals surface area contributed by atoms with Gasteiger partial charge in [0, 0.05) is 24.0 Å². The number of nitrogens with zero attached hydrogens (tertiary/aromatic N) is 1. The number of nitrogens with one attached hydrogen (secondary N) is 1. The van der Waals surface area contributed by atoms with Gasteiger partial charge in [-0.2, -0.15) is 0 Å². The number of carbonyl (C=O) groups is 2. The van der Waals surface area contributed by atoms with Gasteiger partial charge in [-0.15, -0.1) is 0 Å². The molecule has 0 aromatic heterocycles. The zero-order valence-electron chi connectivity index (χ0n) is 17.9. The third-order valence-electron chi connectivity index (χ3n) is 4.96. The second-order valence-corrected chi connectivity index (χ2v) is 7.85. The summed E-state index contributed by atoms with van der Waals surface area (Å²) in [6.07, 6.45) is 1.70. The van der Waals surface area contributed by atoms with Gasteiger partial charge >= 0.3 is 0 Å². The molecule has 0 fully saturated rings. The summed E-state index contributed by atoms with van der Waals surface area (Å²) in [5.41, 5.74) is 0.888. The van der Waals surface area contributed by atoms with E-state index in [1.54, 1.807) is 17.9 Å². The number of halogens is 1. The lowest BCUT2D eigenvalue weighted by Crippen LogP contribution is -2.49. The second-order valence-electron chi connectivity index (χ2n) is 7.41. The van der Waals surface area contributed by atoms with Gasteiger partial charge in [0.2, 0.25) is 11.8 Å². The van der Waals surface area contributed by atoms with Gasteiger partial charge in [-0.1, -0.05) is 48.9 Å². The molecule has 0 heterocycles. The van der Waals surface area contributed by atoms with Crippen LogP contribution in [-0.2, 0) is 16.1 Å². The van der Waals surface area contributed by atoms with Crippen LogP contribution in [-0.4, -0.2) is 35.4 Å². The largest absolute Gasteiger partial charge is 0.494 e. The Morgan fingerprint density at radius 1 is 1.10 bits per heavy atom. The van der Waals surface area contributed by atoms with Crippen molar-refractivity contribution in [2.24, 2.45) is 0 Å². The first-order valence-electron chi connectivity index (χ1n) is 10.4. The summed E-state index contributed by atoms with van der Waals surface area (Å²) in [6.45, 7) is 6.49. The summed E-state index contributed by atoms with van der Waals surface area (Å²) < 4.78 is 5.68. The summed E-state index contributed by atoms with van der Waals surface area (Å²) in [7, 11) is 0. The van der Waals surface area contributed by atoms with Crippen molar-refractivity contribution in [3.63, 3.8) is 0 Å². The Labute approximate surface area is 184 Å². The zero-order chi connectivity index (χ0) is 21.9. The predicted molar refractivity (Wildman–Crippen MR) is 121 cm³/mol. The van der Waals surface area contributed by atoms with Crippen LogP contribution < -0.4 is 10.1 Å². The van der Waals surface area contributed by atoms with Crippen LogP contribution in [0, 0.1) is 0 Å². The lowest BCUT2D eigenvalue weighted by molar-refractivity contribution is -0.141. The van der Waals surface area contributed by atoms with Gasteiger partial charge in [-0.3, -0.25) is 9.59 Å². The zero-order valence-corrected chi connectivity index (χ0v) is 18.7. The molecule has 0 radical (unpaired) electrons. The van der Waals surface area contributed by atoms with Crippen LogP contribution in [0.2, 0.25) is 5.02 Å². The number of ether oxygens (including phenoxy) is 1. The van der Waals surface area contributed by atoms with Crippen molar-refractivity contribution in [1.29, 1.82) is 0 Å². The molecule has 2 atom stereocenters. The van der Waals surface area contributed by atoms with Crippen LogP contribution in [0.3, 0.4) is 0 Å². The van der Waals surface area contributed by atoms with Gasteiger partial charge in [0.15, 0.2) is 0 Å². The number of benzene rings is 2. The molecular weight excluding hydrogens is 400 g/mol. The molecule has 2 amide bonds. The molecule has 162 valence electrons. The van der Waals surface area contributed by atoms with E-state index in [0.717, 1.165) is 17.7 Å². The Bertz CT molecular complexity index is 813. The summed E-state index contributed by atoms with van der Waals surface area (Å²) in [5, 5.41) is 3.57. The first kappa shape index (κ1) is 23.7. The van der Waals surface area contributed by atoms with Crippen LogP contribution >= 0.6 is 11.6 Å². The Balaban J connectivity index is 2.01. The quantitative estimate of drug-likeness (QED) is 0.519. The van der Waals surface area contributed by atoms with Crippen LogP contribution in [0.4, 0.5) is 0 Å². The topological polar surface area (TPSA) is 58.6 Å². The molecular formula is C24H31ClN2O3. The van der Waals surface area contributed by atoms with E-state index in [9.17, 15) is 9.59 Å². The van der Waals surface area contributed by atoms with E-state index in [-0.39, 0.29) is 17.9 Å². The van der Waals surface area contributed by atoms with Crippen molar-refractivity contribution >= 4 is 23.4 Å². The Kier molecular flexibility index (Phi) is 9.68. The SMILES string of the molecule is CC[C@H](C)NC(=O)[C@@H](C)N(Cc1cccc(Cl)c1)C(=O)CCCOc1ccccc1. The molecule has 2 aromatic carbocycles. The monoisotopic (exact) mass is 430 g/mol. The normalized spacial score (nSPS) is 12.7. The van der Waals surface area contributed by atoms with E-state index >= 15 is 0 Å². The van der Waals surface area contributed by atoms with Crippen LogP contribution in [0.5, 0.6) is 5.75 Å². The number of amides is 2. The average molecular weight is 431 g/mol. The summed E-state index contributed by atoms with van der Waals surface area (Å²) in [6, 6.07) is 16.3. The molecule has 0 unspecified atom stereocenters. The van der Waals surface area contributed by atoms with E-state index < -0.39 is 6.04 Å². The van der Waals surface area contributed by atoms with Crippen molar-refractivity contribution in [2.75, 3.05) is 6.61 Å². The molecule has 0 saturated carbocycles. The molecule has 0 saturated heterocycles.